The Morgan fingerprint density at radius 3 is 2.81 bits per heavy atom. The summed E-state index contributed by atoms with van der Waals surface area (Å²) in [5.74, 6) is -3.79. The van der Waals surface area contributed by atoms with Gasteiger partial charge in [-0.25, -0.2) is 23.5 Å². The largest absolute Gasteiger partial charge is 0.479 e. The van der Waals surface area contributed by atoms with Crippen LogP contribution >= 0.6 is 23.1 Å². The van der Waals surface area contributed by atoms with Gasteiger partial charge in [-0.2, -0.15) is 13.4 Å². The van der Waals surface area contributed by atoms with Gasteiger partial charge >= 0.3 is 5.97 Å². The van der Waals surface area contributed by atoms with E-state index in [-0.39, 0.29) is 32.5 Å². The number of ether oxygens (including phenoxy) is 1. The number of carbonyl (C=O) groups is 1. The van der Waals surface area contributed by atoms with E-state index >= 15 is 0 Å². The molecule has 0 saturated carbocycles. The Kier molecular flexibility index (Phi) is 7.02. The highest BCUT2D eigenvalue weighted by molar-refractivity contribution is 7.98. The van der Waals surface area contributed by atoms with Crippen LogP contribution in [0, 0.1) is 11.6 Å². The number of nitrogens with zero attached hydrogens (tertiary/aromatic N) is 3. The second-order valence-corrected chi connectivity index (χ2v) is 9.57. The van der Waals surface area contributed by atoms with E-state index in [1.54, 1.807) is 0 Å². The van der Waals surface area contributed by atoms with Crippen LogP contribution in [0.5, 0.6) is 5.88 Å². The van der Waals surface area contributed by atoms with Gasteiger partial charge in [-0.1, -0.05) is 23.9 Å². The summed E-state index contributed by atoms with van der Waals surface area (Å²) in [5, 5.41) is 10.5. The fourth-order valence-electron chi connectivity index (χ4n) is 2.14. The molecule has 1 aromatic carbocycles. The van der Waals surface area contributed by atoms with E-state index in [4.69, 9.17) is 9.84 Å². The summed E-state index contributed by atoms with van der Waals surface area (Å²) < 4.78 is 59.4. The number of hydrogen-bond donors (Lipinski definition) is 2. The van der Waals surface area contributed by atoms with Crippen molar-refractivity contribution in [1.29, 1.82) is 0 Å². The molecule has 0 radical (unpaired) electrons. The number of nitrogens with one attached hydrogen (secondary N) is 1. The van der Waals surface area contributed by atoms with Gasteiger partial charge in [0.05, 0.1) is 0 Å². The van der Waals surface area contributed by atoms with Crippen molar-refractivity contribution >= 4 is 44.9 Å². The van der Waals surface area contributed by atoms with E-state index in [1.807, 2.05) is 0 Å². The number of aromatic nitrogens is 3. The third-order valence-electron chi connectivity index (χ3n) is 3.59. The number of anilines is 1. The van der Waals surface area contributed by atoms with Crippen LogP contribution < -0.4 is 9.46 Å². The molecular formula is C17H14F2N4O5S3. The normalized spacial score (nSPS) is 12.4. The number of hydrogen-bond acceptors (Lipinski definition) is 9. The van der Waals surface area contributed by atoms with Crippen LogP contribution in [-0.2, 0) is 20.6 Å². The fourth-order valence-corrected chi connectivity index (χ4v) is 4.79. The first-order chi connectivity index (χ1) is 14.7. The molecule has 14 heteroatoms. The summed E-state index contributed by atoms with van der Waals surface area (Å²) in [7, 11) is -4.05. The zero-order valence-electron chi connectivity index (χ0n) is 15.7. The van der Waals surface area contributed by atoms with Crippen molar-refractivity contribution in [3.8, 4) is 5.88 Å². The molecule has 0 bridgehead atoms. The Labute approximate surface area is 183 Å². The zero-order chi connectivity index (χ0) is 22.6. The quantitative estimate of drug-likeness (QED) is 0.344. The Balaban J connectivity index is 1.89. The van der Waals surface area contributed by atoms with Crippen molar-refractivity contribution in [3.05, 3.63) is 53.0 Å². The summed E-state index contributed by atoms with van der Waals surface area (Å²) >= 11 is 1.77. The molecule has 0 saturated heterocycles. The molecule has 3 aromatic rings. The molecule has 164 valence electrons. The van der Waals surface area contributed by atoms with Crippen LogP contribution in [-0.4, -0.2) is 40.5 Å². The Morgan fingerprint density at radius 1 is 1.35 bits per heavy atom. The molecule has 0 fully saturated rings. The molecule has 2 aromatic heterocycles. The third kappa shape index (κ3) is 5.86. The summed E-state index contributed by atoms with van der Waals surface area (Å²) in [6, 6.07) is 4.81. The minimum atomic E-state index is -4.05. The highest BCUT2D eigenvalue weighted by Gasteiger charge is 2.21. The van der Waals surface area contributed by atoms with E-state index in [0.717, 1.165) is 35.2 Å². The molecule has 1 atom stereocenters. The average molecular weight is 489 g/mol. The number of thioether (sulfide) groups is 1. The Bertz CT molecular complexity index is 1190. The first-order valence-electron chi connectivity index (χ1n) is 8.42. The summed E-state index contributed by atoms with van der Waals surface area (Å²) in [5.41, 5.74) is 0.0451. The van der Waals surface area contributed by atoms with E-state index in [1.165, 1.54) is 30.6 Å². The van der Waals surface area contributed by atoms with Crippen molar-refractivity contribution in [2.45, 2.75) is 28.3 Å². The molecule has 0 aliphatic carbocycles. The predicted molar refractivity (Wildman–Crippen MR) is 109 cm³/mol. The Hall–Kier alpha value is -2.84. The van der Waals surface area contributed by atoms with Crippen LogP contribution in [0.1, 0.15) is 12.5 Å². The van der Waals surface area contributed by atoms with Gasteiger partial charge in [-0.3, -0.25) is 4.72 Å². The lowest BCUT2D eigenvalue weighted by molar-refractivity contribution is -0.144. The van der Waals surface area contributed by atoms with Crippen LogP contribution in [0.2, 0.25) is 0 Å². The highest BCUT2D eigenvalue weighted by atomic mass is 32.2. The molecule has 31 heavy (non-hydrogen) atoms. The molecular weight excluding hydrogens is 474 g/mol. The van der Waals surface area contributed by atoms with E-state index in [2.05, 4.69) is 19.7 Å². The number of carboxylic acids is 1. The maximum Gasteiger partial charge on any atom is 0.344 e. The lowest BCUT2D eigenvalue weighted by Gasteiger charge is -2.12. The lowest BCUT2D eigenvalue weighted by atomic mass is 10.2. The number of thiazole rings is 1. The number of carboxylic acid groups (broad SMARTS) is 1. The minimum absolute atomic E-state index is 0.0451. The lowest BCUT2D eigenvalue weighted by Crippen LogP contribution is -2.23. The van der Waals surface area contributed by atoms with Gasteiger partial charge in [0.15, 0.2) is 22.9 Å². The third-order valence-corrected chi connectivity index (χ3v) is 7.05. The molecule has 0 unspecified atom stereocenters. The van der Waals surface area contributed by atoms with Gasteiger partial charge in [-0.05, 0) is 13.0 Å². The molecule has 2 heterocycles. The molecule has 3 rings (SSSR count). The standard InChI is InChI=1S/C17H14F2N4O5S3/c1-9(15(24)25)28-13-7-12(23-31(26,27)17-20-5-6-29-17)21-16(22-13)30-8-10-3-2-4-11(18)14(10)19/h2-7,9H,8H2,1H3,(H,24,25)(H,21,22,23)/t9-/m1/s1. The number of halogens is 2. The maximum atomic E-state index is 13.9. The number of rotatable bonds is 9. The van der Waals surface area contributed by atoms with Crippen LogP contribution in [0.25, 0.3) is 0 Å². The molecule has 0 amide bonds. The number of sulfonamides is 1. The first-order valence-corrected chi connectivity index (χ1v) is 11.8. The zero-order valence-corrected chi connectivity index (χ0v) is 18.1. The monoisotopic (exact) mass is 488 g/mol. The Morgan fingerprint density at radius 2 is 2.13 bits per heavy atom. The smallest absolute Gasteiger partial charge is 0.344 e. The summed E-state index contributed by atoms with van der Waals surface area (Å²) in [6.45, 7) is 1.26. The second-order valence-electron chi connectivity index (χ2n) is 5.88. The van der Waals surface area contributed by atoms with Crippen LogP contribution in [0.4, 0.5) is 14.6 Å². The summed E-state index contributed by atoms with van der Waals surface area (Å²) in [6.07, 6.45) is 0.0359. The molecule has 0 spiro atoms. The number of benzene rings is 1. The van der Waals surface area contributed by atoms with E-state index < -0.39 is 33.7 Å². The van der Waals surface area contributed by atoms with Gasteiger partial charge in [-0.15, -0.1) is 11.3 Å². The second kappa shape index (κ2) is 9.53. The summed E-state index contributed by atoms with van der Waals surface area (Å²) in [4.78, 5) is 22.9. The van der Waals surface area contributed by atoms with Crippen molar-refractivity contribution in [2.24, 2.45) is 0 Å². The van der Waals surface area contributed by atoms with E-state index in [0.29, 0.717) is 0 Å². The van der Waals surface area contributed by atoms with Crippen LogP contribution in [0.3, 0.4) is 0 Å². The topological polar surface area (TPSA) is 131 Å². The molecule has 0 aliphatic heterocycles. The van der Waals surface area contributed by atoms with Gasteiger partial charge < -0.3 is 9.84 Å². The predicted octanol–water partition coefficient (Wildman–Crippen LogP) is 3.16. The number of aliphatic carboxylic acids is 1. The van der Waals surface area contributed by atoms with Gasteiger partial charge in [0.2, 0.25) is 10.2 Å². The fraction of sp³-hybridized carbons (Fsp3) is 0.176. The minimum Gasteiger partial charge on any atom is -0.479 e. The highest BCUT2D eigenvalue weighted by Crippen LogP contribution is 2.27. The molecule has 9 nitrogen and oxygen atoms in total. The first kappa shape index (κ1) is 22.8. The van der Waals surface area contributed by atoms with E-state index in [9.17, 15) is 22.0 Å². The maximum absolute atomic E-state index is 13.9. The SMILES string of the molecule is C[C@@H](Oc1cc(NS(=O)(=O)c2nccs2)nc(SCc2cccc(F)c2F)n1)C(=O)O. The van der Waals surface area contributed by atoms with Crippen molar-refractivity contribution in [2.75, 3.05) is 4.72 Å². The van der Waals surface area contributed by atoms with Crippen molar-refractivity contribution in [1.82, 2.24) is 15.0 Å². The van der Waals surface area contributed by atoms with Crippen molar-refractivity contribution < 1.29 is 31.8 Å². The molecule has 2 N–H and O–H groups in total. The molecule has 0 aliphatic rings. The average Bonchev–Trinajstić information content (AvgIpc) is 3.24. The van der Waals surface area contributed by atoms with Gasteiger partial charge in [0, 0.05) is 29.0 Å². The van der Waals surface area contributed by atoms with Gasteiger partial charge in [0.25, 0.3) is 10.0 Å². The van der Waals surface area contributed by atoms with Crippen molar-refractivity contribution in [3.63, 3.8) is 0 Å². The van der Waals surface area contributed by atoms with Gasteiger partial charge in [0.1, 0.15) is 5.82 Å². The van der Waals surface area contributed by atoms with Crippen LogP contribution in [0.15, 0.2) is 45.3 Å².